The summed E-state index contributed by atoms with van der Waals surface area (Å²) in [5.41, 5.74) is 4.84. The Morgan fingerprint density at radius 2 is 1.55 bits per heavy atom. The summed E-state index contributed by atoms with van der Waals surface area (Å²) in [6, 6.07) is 17.4. The van der Waals surface area contributed by atoms with Gasteiger partial charge in [0, 0.05) is 27.2 Å². The van der Waals surface area contributed by atoms with Gasteiger partial charge >= 0.3 is 0 Å². The van der Waals surface area contributed by atoms with Crippen LogP contribution in [0.2, 0.25) is 0 Å². The summed E-state index contributed by atoms with van der Waals surface area (Å²) >= 11 is 0. The molecule has 5 rings (SSSR count). The topological polar surface area (TPSA) is 17.3 Å². The second-order valence-electron chi connectivity index (χ2n) is 5.40. The van der Waals surface area contributed by atoms with Crippen molar-refractivity contribution in [3.8, 4) is 0 Å². The third-order valence-electron chi connectivity index (χ3n) is 4.25. The number of rotatable bonds is 0. The molecule has 2 heteroatoms. The minimum absolute atomic E-state index is 1.07. The smallest absolute Gasteiger partial charge is 0.0725 e. The van der Waals surface area contributed by atoms with E-state index in [1.807, 2.05) is 13.1 Å². The van der Waals surface area contributed by atoms with Crippen LogP contribution in [0.15, 0.2) is 54.7 Å². The van der Waals surface area contributed by atoms with Crippen LogP contribution in [0.4, 0.5) is 0 Å². The third-order valence-corrected chi connectivity index (χ3v) is 4.25. The molecule has 0 spiro atoms. The number of aromatic nitrogens is 2. The fourth-order valence-corrected chi connectivity index (χ4v) is 3.43. The Morgan fingerprint density at radius 3 is 2.45 bits per heavy atom. The number of nitrogens with zero attached hydrogens (tertiary/aromatic N) is 2. The lowest BCUT2D eigenvalue weighted by Crippen LogP contribution is -1.83. The summed E-state index contributed by atoms with van der Waals surface area (Å²) in [5.74, 6) is 0. The first-order valence-electron chi connectivity index (χ1n) is 6.84. The summed E-state index contributed by atoms with van der Waals surface area (Å²) in [7, 11) is 0. The number of hydrogen-bond acceptors (Lipinski definition) is 1. The first-order chi connectivity index (χ1) is 9.84. The van der Waals surface area contributed by atoms with Crippen LogP contribution in [0, 0.1) is 6.92 Å². The van der Waals surface area contributed by atoms with Crippen LogP contribution in [0.25, 0.3) is 38.1 Å². The molecule has 20 heavy (non-hydrogen) atoms. The van der Waals surface area contributed by atoms with Gasteiger partial charge in [0.1, 0.15) is 0 Å². The van der Waals surface area contributed by atoms with E-state index in [2.05, 4.69) is 57.9 Å². The summed E-state index contributed by atoms with van der Waals surface area (Å²) in [4.78, 5) is 4.49. The van der Waals surface area contributed by atoms with E-state index >= 15 is 0 Å². The number of benzene rings is 2. The number of hydrogen-bond donors (Lipinski definition) is 0. The lowest BCUT2D eigenvalue weighted by Gasteiger charge is -1.97. The van der Waals surface area contributed by atoms with Crippen molar-refractivity contribution in [1.82, 2.24) is 9.38 Å². The number of aryl methyl sites for hydroxylation is 1. The zero-order valence-corrected chi connectivity index (χ0v) is 11.1. The van der Waals surface area contributed by atoms with Crippen LogP contribution in [-0.2, 0) is 0 Å². The van der Waals surface area contributed by atoms with Gasteiger partial charge in [0.2, 0.25) is 0 Å². The molecule has 94 valence electrons. The predicted octanol–water partition coefficient (Wildman–Crippen LogP) is 4.54. The average molecular weight is 256 g/mol. The van der Waals surface area contributed by atoms with E-state index in [-0.39, 0.29) is 0 Å². The molecule has 0 atom stereocenters. The molecule has 0 N–H and O–H groups in total. The van der Waals surface area contributed by atoms with Crippen molar-refractivity contribution in [2.45, 2.75) is 6.92 Å². The molecule has 0 aliphatic rings. The van der Waals surface area contributed by atoms with Gasteiger partial charge in [-0.1, -0.05) is 36.4 Å². The quantitative estimate of drug-likeness (QED) is 0.397. The van der Waals surface area contributed by atoms with Crippen LogP contribution in [0.5, 0.6) is 0 Å². The molecule has 0 saturated heterocycles. The van der Waals surface area contributed by atoms with Gasteiger partial charge in [-0.2, -0.15) is 0 Å². The standard InChI is InChI=1S/C18H12N2/c1-11-9-15-14-7-4-6-13-12-5-2-3-8-16(12)20(18(13)14)17(15)10-19-11/h2-10H,1H3. The van der Waals surface area contributed by atoms with Gasteiger partial charge in [-0.05, 0) is 19.1 Å². The minimum atomic E-state index is 1.07. The highest BCUT2D eigenvalue weighted by atomic mass is 14.9. The van der Waals surface area contributed by atoms with Crippen LogP contribution >= 0.6 is 0 Å². The number of pyridine rings is 1. The van der Waals surface area contributed by atoms with E-state index < -0.39 is 0 Å². The second kappa shape index (κ2) is 3.28. The van der Waals surface area contributed by atoms with Crippen molar-refractivity contribution >= 4 is 38.1 Å². The minimum Gasteiger partial charge on any atom is -0.306 e. The van der Waals surface area contributed by atoms with Gasteiger partial charge < -0.3 is 4.40 Å². The first-order valence-corrected chi connectivity index (χ1v) is 6.84. The van der Waals surface area contributed by atoms with Crippen LogP contribution in [-0.4, -0.2) is 9.38 Å². The van der Waals surface area contributed by atoms with Gasteiger partial charge in [0.25, 0.3) is 0 Å². The zero-order chi connectivity index (χ0) is 13.3. The van der Waals surface area contributed by atoms with Crippen molar-refractivity contribution < 1.29 is 0 Å². The molecule has 0 aliphatic carbocycles. The largest absolute Gasteiger partial charge is 0.306 e. The zero-order valence-electron chi connectivity index (χ0n) is 11.1. The molecule has 2 nitrogen and oxygen atoms in total. The molecule has 3 aromatic heterocycles. The fourth-order valence-electron chi connectivity index (χ4n) is 3.43. The molecule has 0 radical (unpaired) electrons. The van der Waals surface area contributed by atoms with E-state index in [1.54, 1.807) is 0 Å². The molecule has 0 bridgehead atoms. The number of para-hydroxylation sites is 2. The van der Waals surface area contributed by atoms with Crippen LogP contribution < -0.4 is 0 Å². The Balaban J connectivity index is 2.27. The molecule has 2 aromatic carbocycles. The van der Waals surface area contributed by atoms with Gasteiger partial charge in [-0.3, -0.25) is 4.98 Å². The Kier molecular flexibility index (Phi) is 1.68. The SMILES string of the molecule is Cc1cc2c3cccc4c5ccccc5n(c2cn1)c43. The van der Waals surface area contributed by atoms with Crippen LogP contribution in [0.1, 0.15) is 5.69 Å². The van der Waals surface area contributed by atoms with Crippen molar-refractivity contribution in [3.05, 3.63) is 60.4 Å². The van der Waals surface area contributed by atoms with Gasteiger partial charge in [0.05, 0.1) is 22.7 Å². The van der Waals surface area contributed by atoms with Gasteiger partial charge in [0.15, 0.2) is 0 Å². The molecular formula is C18H12N2. The Morgan fingerprint density at radius 1 is 0.800 bits per heavy atom. The predicted molar refractivity (Wildman–Crippen MR) is 83.6 cm³/mol. The lowest BCUT2D eigenvalue weighted by molar-refractivity contribution is 1.21. The van der Waals surface area contributed by atoms with Gasteiger partial charge in [-0.25, -0.2) is 0 Å². The van der Waals surface area contributed by atoms with E-state index in [1.165, 1.54) is 38.1 Å². The highest BCUT2D eigenvalue weighted by Crippen LogP contribution is 2.38. The van der Waals surface area contributed by atoms with Crippen molar-refractivity contribution in [3.63, 3.8) is 0 Å². The maximum atomic E-state index is 4.49. The van der Waals surface area contributed by atoms with Gasteiger partial charge in [-0.15, -0.1) is 0 Å². The normalized spacial score (nSPS) is 12.2. The van der Waals surface area contributed by atoms with E-state index in [4.69, 9.17) is 0 Å². The molecule has 0 fully saturated rings. The maximum Gasteiger partial charge on any atom is 0.0725 e. The molecule has 0 unspecified atom stereocenters. The highest BCUT2D eigenvalue weighted by molar-refractivity contribution is 6.23. The van der Waals surface area contributed by atoms with Crippen LogP contribution in [0.3, 0.4) is 0 Å². The summed E-state index contributed by atoms with van der Waals surface area (Å²) in [6.07, 6.45) is 2.00. The second-order valence-corrected chi connectivity index (χ2v) is 5.40. The molecule has 3 heterocycles. The first kappa shape index (κ1) is 10.2. The number of fused-ring (bicyclic) bond motifs is 6. The summed E-state index contributed by atoms with van der Waals surface area (Å²) in [6.45, 7) is 2.05. The summed E-state index contributed by atoms with van der Waals surface area (Å²) in [5, 5.41) is 5.26. The molecule has 0 amide bonds. The molecule has 5 aromatic rings. The Hall–Kier alpha value is -2.61. The van der Waals surface area contributed by atoms with E-state index in [9.17, 15) is 0 Å². The Labute approximate surface area is 115 Å². The molecule has 0 aliphatic heterocycles. The highest BCUT2D eigenvalue weighted by Gasteiger charge is 2.16. The molecular weight excluding hydrogens is 244 g/mol. The maximum absolute atomic E-state index is 4.49. The fraction of sp³-hybridized carbons (Fsp3) is 0.0556. The van der Waals surface area contributed by atoms with Crippen molar-refractivity contribution in [2.75, 3.05) is 0 Å². The summed E-state index contributed by atoms with van der Waals surface area (Å²) < 4.78 is 2.35. The monoisotopic (exact) mass is 256 g/mol. The third kappa shape index (κ3) is 1.04. The Bertz CT molecular complexity index is 1100. The average Bonchev–Trinajstić information content (AvgIpc) is 2.98. The molecule has 0 saturated carbocycles. The van der Waals surface area contributed by atoms with Crippen molar-refractivity contribution in [1.29, 1.82) is 0 Å². The van der Waals surface area contributed by atoms with E-state index in [0.29, 0.717) is 0 Å². The van der Waals surface area contributed by atoms with Crippen molar-refractivity contribution in [2.24, 2.45) is 0 Å². The lowest BCUT2D eigenvalue weighted by atomic mass is 10.1. The van der Waals surface area contributed by atoms with E-state index in [0.717, 1.165) is 5.69 Å².